The van der Waals surface area contributed by atoms with Crippen molar-refractivity contribution in [2.24, 2.45) is 5.92 Å². The number of halogens is 1. The Kier molecular flexibility index (Phi) is 9.27. The second-order valence-electron chi connectivity index (χ2n) is 8.22. The van der Waals surface area contributed by atoms with Crippen LogP contribution in [-0.4, -0.2) is 49.9 Å². The lowest BCUT2D eigenvalue weighted by atomic mass is 9.87. The quantitative estimate of drug-likeness (QED) is 0.778. The van der Waals surface area contributed by atoms with Crippen LogP contribution in [0.3, 0.4) is 0 Å². The maximum Gasteiger partial charge on any atom is 0.251 e. The SMILES string of the molecule is CNCC1CCN(C(=O)CCNC(=O)c2ccc(C(C)(C)C)cc2)CC1.Cl. The molecule has 6 heteroatoms. The number of hydrogen-bond donors (Lipinski definition) is 2. The molecule has 0 aliphatic carbocycles. The highest BCUT2D eigenvalue weighted by molar-refractivity contribution is 5.94. The van der Waals surface area contributed by atoms with Crippen LogP contribution in [0, 0.1) is 5.92 Å². The molecule has 2 rings (SSSR count). The summed E-state index contributed by atoms with van der Waals surface area (Å²) >= 11 is 0. The predicted octanol–water partition coefficient (Wildman–Crippen LogP) is 2.98. The van der Waals surface area contributed by atoms with Gasteiger partial charge in [-0.15, -0.1) is 12.4 Å². The lowest BCUT2D eigenvalue weighted by Crippen LogP contribution is -2.41. The molecule has 1 fully saturated rings. The Morgan fingerprint density at radius 1 is 1.11 bits per heavy atom. The Morgan fingerprint density at radius 2 is 1.70 bits per heavy atom. The van der Waals surface area contributed by atoms with E-state index in [-0.39, 0.29) is 29.6 Å². The Morgan fingerprint density at radius 3 is 2.22 bits per heavy atom. The molecule has 2 amide bonds. The minimum atomic E-state index is -0.119. The van der Waals surface area contributed by atoms with Gasteiger partial charge in [0.2, 0.25) is 5.91 Å². The Balaban J connectivity index is 0.00000364. The third-order valence-corrected chi connectivity index (χ3v) is 5.10. The summed E-state index contributed by atoms with van der Waals surface area (Å²) in [6.45, 7) is 9.50. The fraction of sp³-hybridized carbons (Fsp3) is 0.619. The number of piperidine rings is 1. The van der Waals surface area contributed by atoms with Gasteiger partial charge in [-0.05, 0) is 55.5 Å². The highest BCUT2D eigenvalue weighted by atomic mass is 35.5. The normalized spacial score (nSPS) is 15.2. The second kappa shape index (κ2) is 10.7. The van der Waals surface area contributed by atoms with Gasteiger partial charge in [-0.2, -0.15) is 0 Å². The molecule has 0 aromatic heterocycles. The Labute approximate surface area is 169 Å². The maximum atomic E-state index is 12.3. The van der Waals surface area contributed by atoms with Crippen LogP contribution in [-0.2, 0) is 10.2 Å². The van der Waals surface area contributed by atoms with Crippen molar-refractivity contribution in [3.05, 3.63) is 35.4 Å². The first-order valence-electron chi connectivity index (χ1n) is 9.62. The third-order valence-electron chi connectivity index (χ3n) is 5.10. The summed E-state index contributed by atoms with van der Waals surface area (Å²) < 4.78 is 0. The summed E-state index contributed by atoms with van der Waals surface area (Å²) in [5, 5.41) is 6.06. The van der Waals surface area contributed by atoms with Crippen LogP contribution >= 0.6 is 12.4 Å². The van der Waals surface area contributed by atoms with Crippen molar-refractivity contribution < 1.29 is 9.59 Å². The van der Waals surface area contributed by atoms with Crippen LogP contribution in [0.1, 0.15) is 56.0 Å². The van der Waals surface area contributed by atoms with Crippen molar-refractivity contribution >= 4 is 24.2 Å². The average molecular weight is 396 g/mol. The van der Waals surface area contributed by atoms with E-state index in [0.717, 1.165) is 32.5 Å². The Bertz CT molecular complexity index is 603. The van der Waals surface area contributed by atoms with Crippen LogP contribution in [0.25, 0.3) is 0 Å². The van der Waals surface area contributed by atoms with Crippen molar-refractivity contribution in [2.45, 2.75) is 45.4 Å². The molecule has 27 heavy (non-hydrogen) atoms. The standard InChI is InChI=1S/C21H33N3O2.ClH/c1-21(2,3)18-7-5-17(6-8-18)20(26)23-12-9-19(25)24-13-10-16(11-14-24)15-22-4;/h5-8,16,22H,9-15H2,1-4H3,(H,23,26);1H. The number of rotatable bonds is 6. The van der Waals surface area contributed by atoms with E-state index in [1.165, 1.54) is 5.56 Å². The molecule has 2 N–H and O–H groups in total. The van der Waals surface area contributed by atoms with Crippen molar-refractivity contribution in [2.75, 3.05) is 33.2 Å². The molecule has 1 heterocycles. The largest absolute Gasteiger partial charge is 0.352 e. The van der Waals surface area contributed by atoms with Crippen molar-refractivity contribution in [3.8, 4) is 0 Å². The summed E-state index contributed by atoms with van der Waals surface area (Å²) in [7, 11) is 1.97. The third kappa shape index (κ3) is 7.15. The van der Waals surface area contributed by atoms with Gasteiger partial charge in [-0.25, -0.2) is 0 Å². The van der Waals surface area contributed by atoms with E-state index in [0.29, 0.717) is 24.4 Å². The number of nitrogens with zero attached hydrogens (tertiary/aromatic N) is 1. The van der Waals surface area contributed by atoms with Crippen LogP contribution in [0.4, 0.5) is 0 Å². The van der Waals surface area contributed by atoms with Gasteiger partial charge < -0.3 is 15.5 Å². The van der Waals surface area contributed by atoms with E-state index >= 15 is 0 Å². The van der Waals surface area contributed by atoms with Gasteiger partial charge in [0.05, 0.1) is 0 Å². The van der Waals surface area contributed by atoms with E-state index in [2.05, 4.69) is 31.4 Å². The van der Waals surface area contributed by atoms with Gasteiger partial charge in [0.15, 0.2) is 0 Å². The van der Waals surface area contributed by atoms with Gasteiger partial charge >= 0.3 is 0 Å². The minimum absolute atomic E-state index is 0. The monoisotopic (exact) mass is 395 g/mol. The molecule has 5 nitrogen and oxygen atoms in total. The number of likely N-dealkylation sites (tertiary alicyclic amines) is 1. The number of benzene rings is 1. The molecular formula is C21H34ClN3O2. The van der Waals surface area contributed by atoms with Crippen molar-refractivity contribution in [1.29, 1.82) is 0 Å². The molecule has 1 aliphatic rings. The number of amides is 2. The molecule has 1 aromatic carbocycles. The van der Waals surface area contributed by atoms with Crippen molar-refractivity contribution in [1.82, 2.24) is 15.5 Å². The second-order valence-corrected chi connectivity index (χ2v) is 8.22. The first-order chi connectivity index (χ1) is 12.3. The fourth-order valence-electron chi connectivity index (χ4n) is 3.34. The van der Waals surface area contributed by atoms with E-state index in [9.17, 15) is 9.59 Å². The van der Waals surface area contributed by atoms with Gasteiger partial charge in [-0.1, -0.05) is 32.9 Å². The minimum Gasteiger partial charge on any atom is -0.352 e. The van der Waals surface area contributed by atoms with E-state index < -0.39 is 0 Å². The van der Waals surface area contributed by atoms with Gasteiger partial charge in [0, 0.05) is 31.6 Å². The predicted molar refractivity (Wildman–Crippen MR) is 113 cm³/mol. The fourth-order valence-corrected chi connectivity index (χ4v) is 3.34. The smallest absolute Gasteiger partial charge is 0.251 e. The molecule has 0 unspecified atom stereocenters. The molecule has 1 saturated heterocycles. The van der Waals surface area contributed by atoms with Crippen LogP contribution in [0.15, 0.2) is 24.3 Å². The zero-order valence-electron chi connectivity index (χ0n) is 17.0. The molecule has 1 aliphatic heterocycles. The number of carbonyl (C=O) groups is 2. The number of carbonyl (C=O) groups excluding carboxylic acids is 2. The highest BCUT2D eigenvalue weighted by Gasteiger charge is 2.22. The lowest BCUT2D eigenvalue weighted by Gasteiger charge is -2.32. The lowest BCUT2D eigenvalue weighted by molar-refractivity contribution is -0.132. The molecule has 1 aromatic rings. The van der Waals surface area contributed by atoms with E-state index in [1.807, 2.05) is 36.2 Å². The van der Waals surface area contributed by atoms with Crippen LogP contribution in [0.5, 0.6) is 0 Å². The first-order valence-corrected chi connectivity index (χ1v) is 9.62. The summed E-state index contributed by atoms with van der Waals surface area (Å²) in [5.74, 6) is 0.682. The summed E-state index contributed by atoms with van der Waals surface area (Å²) in [6, 6.07) is 7.69. The zero-order chi connectivity index (χ0) is 19.2. The molecule has 0 saturated carbocycles. The average Bonchev–Trinajstić information content (AvgIpc) is 2.62. The van der Waals surface area contributed by atoms with Crippen molar-refractivity contribution in [3.63, 3.8) is 0 Å². The summed E-state index contributed by atoms with van der Waals surface area (Å²) in [6.07, 6.45) is 2.47. The molecule has 0 bridgehead atoms. The Hall–Kier alpha value is -1.59. The maximum absolute atomic E-state index is 12.3. The zero-order valence-corrected chi connectivity index (χ0v) is 17.8. The van der Waals surface area contributed by atoms with Crippen LogP contribution in [0.2, 0.25) is 0 Å². The highest BCUT2D eigenvalue weighted by Crippen LogP contribution is 2.22. The number of hydrogen-bond acceptors (Lipinski definition) is 3. The topological polar surface area (TPSA) is 61.4 Å². The van der Waals surface area contributed by atoms with Crippen LogP contribution < -0.4 is 10.6 Å². The molecular weight excluding hydrogens is 362 g/mol. The number of nitrogens with one attached hydrogen (secondary N) is 2. The van der Waals surface area contributed by atoms with E-state index in [4.69, 9.17) is 0 Å². The van der Waals surface area contributed by atoms with Gasteiger partial charge in [0.1, 0.15) is 0 Å². The van der Waals surface area contributed by atoms with Gasteiger partial charge in [0.25, 0.3) is 5.91 Å². The summed E-state index contributed by atoms with van der Waals surface area (Å²) in [5.41, 5.74) is 1.91. The molecule has 0 spiro atoms. The first kappa shape index (κ1) is 23.4. The molecule has 0 radical (unpaired) electrons. The molecule has 152 valence electrons. The summed E-state index contributed by atoms with van der Waals surface area (Å²) in [4.78, 5) is 26.5. The van der Waals surface area contributed by atoms with E-state index in [1.54, 1.807) is 0 Å². The van der Waals surface area contributed by atoms with Gasteiger partial charge in [-0.3, -0.25) is 9.59 Å². The molecule has 0 atom stereocenters.